The summed E-state index contributed by atoms with van der Waals surface area (Å²) in [5.74, 6) is 0.827. The Morgan fingerprint density at radius 2 is 2.27 bits per heavy atom. The maximum Gasteiger partial charge on any atom is 0.147 e. The predicted octanol–water partition coefficient (Wildman–Crippen LogP) is 4.11. The molecule has 0 bridgehead atoms. The lowest BCUT2D eigenvalue weighted by atomic mass is 10.3. The van der Waals surface area contributed by atoms with Crippen LogP contribution in [0.1, 0.15) is 13.3 Å². The monoisotopic (exact) mass is 354 g/mol. The number of hydrogen-bond donors (Lipinski definition) is 0. The topological polar surface area (TPSA) is 16.1 Å². The smallest absolute Gasteiger partial charge is 0.147 e. The van der Waals surface area contributed by atoms with Crippen molar-refractivity contribution in [2.75, 3.05) is 18.5 Å². The second-order valence-electron chi connectivity index (χ2n) is 3.45. The largest absolute Gasteiger partial charge is 0.358 e. The molecule has 1 rings (SSSR count). The van der Waals surface area contributed by atoms with Gasteiger partial charge in [-0.25, -0.2) is 4.98 Å². The summed E-state index contributed by atoms with van der Waals surface area (Å²) < 4.78 is 0.901. The Balaban J connectivity index is 2.69. The Morgan fingerprint density at radius 1 is 1.60 bits per heavy atom. The van der Waals surface area contributed by atoms with Gasteiger partial charge in [0.1, 0.15) is 5.82 Å². The van der Waals surface area contributed by atoms with E-state index in [1.807, 2.05) is 13.1 Å². The van der Waals surface area contributed by atoms with Crippen LogP contribution >= 0.6 is 43.5 Å². The second-order valence-corrected chi connectivity index (χ2v) is 6.34. The Hall–Kier alpha value is 0.200. The van der Waals surface area contributed by atoms with Crippen LogP contribution in [0.4, 0.5) is 5.82 Å². The van der Waals surface area contributed by atoms with Crippen molar-refractivity contribution in [3.05, 3.63) is 21.8 Å². The van der Waals surface area contributed by atoms with E-state index in [2.05, 4.69) is 48.7 Å². The molecule has 1 aromatic heterocycles. The highest BCUT2D eigenvalue weighted by atomic mass is 79.9. The number of hydrogen-bond acceptors (Lipinski definition) is 2. The summed E-state index contributed by atoms with van der Waals surface area (Å²) in [5.41, 5.74) is 0. The molecule has 1 atom stereocenters. The molecule has 2 nitrogen and oxygen atoms in total. The van der Waals surface area contributed by atoms with Crippen LogP contribution in [0.25, 0.3) is 0 Å². The fraction of sp³-hybridized carbons (Fsp3) is 0.500. The lowest BCUT2D eigenvalue weighted by Crippen LogP contribution is -2.21. The van der Waals surface area contributed by atoms with Crippen molar-refractivity contribution in [2.45, 2.75) is 18.2 Å². The average Bonchev–Trinajstić information content (AvgIpc) is 2.14. The standard InChI is InChI=1S/C10H13Br2ClN2/c1-7(11)3-4-15(2)10-9(13)5-8(12)6-14-10/h5-7H,3-4H2,1-2H3. The van der Waals surface area contributed by atoms with Crippen LogP contribution in [0.5, 0.6) is 0 Å². The Morgan fingerprint density at radius 3 is 2.80 bits per heavy atom. The number of pyridine rings is 1. The van der Waals surface area contributed by atoms with Crippen LogP contribution in [0.15, 0.2) is 16.7 Å². The number of halogens is 3. The van der Waals surface area contributed by atoms with E-state index in [1.54, 1.807) is 6.20 Å². The quantitative estimate of drug-likeness (QED) is 0.755. The Kier molecular flexibility index (Phi) is 5.36. The fourth-order valence-corrected chi connectivity index (χ4v) is 2.14. The maximum absolute atomic E-state index is 6.09. The van der Waals surface area contributed by atoms with E-state index in [9.17, 15) is 0 Å². The van der Waals surface area contributed by atoms with Crippen LogP contribution in [0.3, 0.4) is 0 Å². The van der Waals surface area contributed by atoms with Gasteiger partial charge in [0.15, 0.2) is 0 Å². The zero-order valence-corrected chi connectivity index (χ0v) is 12.6. The summed E-state index contributed by atoms with van der Waals surface area (Å²) >= 11 is 12.9. The third kappa shape index (κ3) is 4.29. The van der Waals surface area contributed by atoms with Gasteiger partial charge in [-0.15, -0.1) is 0 Å². The van der Waals surface area contributed by atoms with Gasteiger partial charge < -0.3 is 4.90 Å². The van der Waals surface area contributed by atoms with Crippen LogP contribution in [0, 0.1) is 0 Å². The molecule has 5 heteroatoms. The molecule has 1 aromatic rings. The van der Waals surface area contributed by atoms with Crippen molar-refractivity contribution in [3.63, 3.8) is 0 Å². The molecule has 0 saturated carbocycles. The van der Waals surface area contributed by atoms with Gasteiger partial charge in [0.2, 0.25) is 0 Å². The van der Waals surface area contributed by atoms with Gasteiger partial charge in [-0.3, -0.25) is 0 Å². The molecule has 15 heavy (non-hydrogen) atoms. The average molecular weight is 356 g/mol. The highest BCUT2D eigenvalue weighted by molar-refractivity contribution is 9.10. The van der Waals surface area contributed by atoms with Gasteiger partial charge >= 0.3 is 0 Å². The molecule has 0 aliphatic carbocycles. The van der Waals surface area contributed by atoms with Gasteiger partial charge in [-0.05, 0) is 28.4 Å². The van der Waals surface area contributed by atoms with Crippen molar-refractivity contribution >= 4 is 49.3 Å². The van der Waals surface area contributed by atoms with Gasteiger partial charge in [0.25, 0.3) is 0 Å². The summed E-state index contributed by atoms with van der Waals surface area (Å²) in [7, 11) is 2.00. The molecular weight excluding hydrogens is 343 g/mol. The van der Waals surface area contributed by atoms with Crippen LogP contribution < -0.4 is 4.90 Å². The molecule has 0 aliphatic rings. The third-order valence-corrected chi connectivity index (χ3v) is 3.18. The highest BCUT2D eigenvalue weighted by Gasteiger charge is 2.08. The molecule has 0 aliphatic heterocycles. The molecular formula is C10H13Br2ClN2. The molecule has 1 unspecified atom stereocenters. The summed E-state index contributed by atoms with van der Waals surface area (Å²) in [6.45, 7) is 3.06. The minimum atomic E-state index is 0.508. The van der Waals surface area contributed by atoms with E-state index in [0.717, 1.165) is 23.3 Å². The van der Waals surface area contributed by atoms with Crippen molar-refractivity contribution in [3.8, 4) is 0 Å². The first-order valence-corrected chi connectivity index (χ1v) is 6.75. The molecule has 0 saturated heterocycles. The first-order valence-electron chi connectivity index (χ1n) is 4.67. The molecule has 1 heterocycles. The minimum Gasteiger partial charge on any atom is -0.358 e. The third-order valence-electron chi connectivity index (χ3n) is 2.01. The first-order chi connectivity index (χ1) is 7.00. The number of alkyl halides is 1. The summed E-state index contributed by atoms with van der Waals surface area (Å²) in [6.07, 6.45) is 2.82. The molecule has 0 amide bonds. The van der Waals surface area contributed by atoms with Crippen molar-refractivity contribution in [1.82, 2.24) is 4.98 Å². The zero-order chi connectivity index (χ0) is 11.4. The van der Waals surface area contributed by atoms with Gasteiger partial charge in [0, 0.05) is 29.1 Å². The Labute approximate surface area is 112 Å². The summed E-state index contributed by atoms with van der Waals surface area (Å²) in [4.78, 5) is 6.86. The van der Waals surface area contributed by atoms with E-state index in [4.69, 9.17) is 11.6 Å². The minimum absolute atomic E-state index is 0.508. The highest BCUT2D eigenvalue weighted by Crippen LogP contribution is 2.25. The first kappa shape index (κ1) is 13.3. The maximum atomic E-state index is 6.09. The van der Waals surface area contributed by atoms with Crippen molar-refractivity contribution in [2.24, 2.45) is 0 Å². The van der Waals surface area contributed by atoms with E-state index in [-0.39, 0.29) is 0 Å². The van der Waals surface area contributed by atoms with Crippen LogP contribution in [0.2, 0.25) is 5.02 Å². The molecule has 0 fully saturated rings. The van der Waals surface area contributed by atoms with E-state index >= 15 is 0 Å². The summed E-state index contributed by atoms with van der Waals surface area (Å²) in [5, 5.41) is 0.675. The number of aromatic nitrogens is 1. The Bertz CT molecular complexity index is 331. The van der Waals surface area contributed by atoms with Gasteiger partial charge in [-0.1, -0.05) is 34.5 Å². The predicted molar refractivity (Wildman–Crippen MR) is 73.2 cm³/mol. The van der Waals surface area contributed by atoms with Crippen molar-refractivity contribution < 1.29 is 0 Å². The number of rotatable bonds is 4. The number of anilines is 1. The lowest BCUT2D eigenvalue weighted by Gasteiger charge is -2.19. The molecule has 0 N–H and O–H groups in total. The normalized spacial score (nSPS) is 12.6. The van der Waals surface area contributed by atoms with Gasteiger partial charge in [-0.2, -0.15) is 0 Å². The van der Waals surface area contributed by atoms with Crippen LogP contribution in [-0.4, -0.2) is 23.4 Å². The molecule has 0 spiro atoms. The zero-order valence-electron chi connectivity index (χ0n) is 8.67. The number of nitrogens with zero attached hydrogens (tertiary/aromatic N) is 2. The van der Waals surface area contributed by atoms with E-state index < -0.39 is 0 Å². The lowest BCUT2D eigenvalue weighted by molar-refractivity contribution is 0.779. The van der Waals surface area contributed by atoms with Gasteiger partial charge in [0.05, 0.1) is 5.02 Å². The van der Waals surface area contributed by atoms with E-state index in [1.165, 1.54) is 0 Å². The SMILES string of the molecule is CC(Br)CCN(C)c1ncc(Br)cc1Cl. The molecule has 0 aromatic carbocycles. The molecule has 0 radical (unpaired) electrons. The van der Waals surface area contributed by atoms with Crippen LogP contribution in [-0.2, 0) is 0 Å². The summed E-state index contributed by atoms with van der Waals surface area (Å²) in [6, 6.07) is 1.86. The molecule has 84 valence electrons. The van der Waals surface area contributed by atoms with Crippen molar-refractivity contribution in [1.29, 1.82) is 0 Å². The van der Waals surface area contributed by atoms with E-state index in [0.29, 0.717) is 9.85 Å². The fourth-order valence-electron chi connectivity index (χ4n) is 1.17. The second kappa shape index (κ2) is 6.06.